The van der Waals surface area contributed by atoms with Crippen LogP contribution in [0.4, 0.5) is 0 Å². The molecular formula is C16H16ClN3. The average molecular weight is 286 g/mol. The molecule has 0 atom stereocenters. The summed E-state index contributed by atoms with van der Waals surface area (Å²) in [7, 11) is 0. The lowest BCUT2D eigenvalue weighted by Crippen LogP contribution is -2.06. The van der Waals surface area contributed by atoms with E-state index in [0.717, 1.165) is 34.0 Å². The molecule has 102 valence electrons. The van der Waals surface area contributed by atoms with E-state index >= 15 is 0 Å². The third-order valence-corrected chi connectivity index (χ3v) is 3.62. The number of benzene rings is 1. The van der Waals surface area contributed by atoms with E-state index < -0.39 is 0 Å². The summed E-state index contributed by atoms with van der Waals surface area (Å²) in [6.45, 7) is 2.68. The number of aromatic nitrogens is 2. The maximum Gasteiger partial charge on any atom is 0.137 e. The van der Waals surface area contributed by atoms with E-state index in [9.17, 15) is 0 Å². The van der Waals surface area contributed by atoms with E-state index in [-0.39, 0.29) is 0 Å². The monoisotopic (exact) mass is 285 g/mol. The summed E-state index contributed by atoms with van der Waals surface area (Å²) in [6.07, 6.45) is 2.90. The molecule has 0 aliphatic heterocycles. The Hall–Kier alpha value is -1.84. The quantitative estimate of drug-likeness (QED) is 0.801. The van der Waals surface area contributed by atoms with Crippen molar-refractivity contribution in [3.05, 3.63) is 58.9 Å². The molecule has 2 N–H and O–H groups in total. The Morgan fingerprint density at radius 1 is 1.15 bits per heavy atom. The lowest BCUT2D eigenvalue weighted by Gasteiger charge is -2.04. The van der Waals surface area contributed by atoms with Gasteiger partial charge in [0.05, 0.1) is 11.4 Å². The lowest BCUT2D eigenvalue weighted by molar-refractivity contribution is 0.904. The number of hydrogen-bond donors (Lipinski definition) is 1. The highest BCUT2D eigenvalue weighted by atomic mass is 35.5. The summed E-state index contributed by atoms with van der Waals surface area (Å²) in [5, 5.41) is 0.730. The molecule has 2 aromatic heterocycles. The van der Waals surface area contributed by atoms with E-state index in [2.05, 4.69) is 23.6 Å². The Morgan fingerprint density at radius 3 is 2.60 bits per heavy atom. The van der Waals surface area contributed by atoms with Crippen LogP contribution in [0.5, 0.6) is 0 Å². The van der Waals surface area contributed by atoms with Crippen molar-refractivity contribution < 1.29 is 0 Å². The second-order valence-corrected chi connectivity index (χ2v) is 5.32. The van der Waals surface area contributed by atoms with E-state index in [1.165, 1.54) is 5.56 Å². The molecule has 0 fully saturated rings. The van der Waals surface area contributed by atoms with E-state index in [0.29, 0.717) is 6.54 Å². The number of imidazole rings is 1. The zero-order valence-corrected chi connectivity index (χ0v) is 12.1. The van der Waals surface area contributed by atoms with Crippen LogP contribution in [0.1, 0.15) is 11.3 Å². The summed E-state index contributed by atoms with van der Waals surface area (Å²) >= 11 is 5.95. The largest absolute Gasteiger partial charge is 0.330 e. The molecule has 1 aromatic carbocycles. The highest BCUT2D eigenvalue weighted by Gasteiger charge is 2.13. The van der Waals surface area contributed by atoms with Gasteiger partial charge in [-0.25, -0.2) is 4.98 Å². The first kappa shape index (κ1) is 13.2. The molecule has 0 spiro atoms. The van der Waals surface area contributed by atoms with Crippen LogP contribution < -0.4 is 5.73 Å². The summed E-state index contributed by atoms with van der Waals surface area (Å²) in [5.74, 6) is 0. The van der Waals surface area contributed by atoms with Gasteiger partial charge in [0, 0.05) is 23.2 Å². The first-order chi connectivity index (χ1) is 9.69. The Kier molecular flexibility index (Phi) is 3.47. The van der Waals surface area contributed by atoms with Crippen LogP contribution >= 0.6 is 11.6 Å². The number of nitrogens with zero attached hydrogens (tertiary/aromatic N) is 2. The van der Waals surface area contributed by atoms with Crippen LogP contribution in [-0.2, 0) is 6.42 Å². The minimum Gasteiger partial charge on any atom is -0.330 e. The van der Waals surface area contributed by atoms with Crippen molar-refractivity contribution in [2.24, 2.45) is 5.73 Å². The second-order valence-electron chi connectivity index (χ2n) is 4.89. The van der Waals surface area contributed by atoms with Crippen LogP contribution in [0, 0.1) is 6.92 Å². The van der Waals surface area contributed by atoms with Gasteiger partial charge in [-0.3, -0.25) is 0 Å². The highest BCUT2D eigenvalue weighted by molar-refractivity contribution is 6.30. The fourth-order valence-electron chi connectivity index (χ4n) is 2.41. The minimum atomic E-state index is 0.600. The molecule has 0 radical (unpaired) electrons. The van der Waals surface area contributed by atoms with Crippen LogP contribution in [0.15, 0.2) is 42.6 Å². The lowest BCUT2D eigenvalue weighted by atomic mass is 10.1. The van der Waals surface area contributed by atoms with Crippen molar-refractivity contribution in [1.82, 2.24) is 9.38 Å². The van der Waals surface area contributed by atoms with Crippen molar-refractivity contribution >= 4 is 17.2 Å². The van der Waals surface area contributed by atoms with E-state index in [1.807, 2.05) is 30.3 Å². The zero-order valence-electron chi connectivity index (χ0n) is 11.3. The van der Waals surface area contributed by atoms with Gasteiger partial charge in [0.15, 0.2) is 0 Å². The fraction of sp³-hybridized carbons (Fsp3) is 0.188. The number of aryl methyl sites for hydroxylation is 1. The fourth-order valence-corrected chi connectivity index (χ4v) is 2.54. The maximum absolute atomic E-state index is 5.95. The van der Waals surface area contributed by atoms with Crippen LogP contribution in [-0.4, -0.2) is 15.9 Å². The topological polar surface area (TPSA) is 43.3 Å². The van der Waals surface area contributed by atoms with Crippen molar-refractivity contribution in [2.75, 3.05) is 6.54 Å². The molecule has 0 amide bonds. The van der Waals surface area contributed by atoms with Gasteiger partial charge < -0.3 is 10.1 Å². The summed E-state index contributed by atoms with van der Waals surface area (Å²) < 4.78 is 2.13. The third-order valence-electron chi connectivity index (χ3n) is 3.36. The summed E-state index contributed by atoms with van der Waals surface area (Å²) in [5.41, 5.74) is 11.1. The van der Waals surface area contributed by atoms with Crippen molar-refractivity contribution in [1.29, 1.82) is 0 Å². The standard InChI is InChI=1S/C16H16ClN3/c1-11-2-7-15-19-16(12-3-5-13(17)6-4-12)14(8-9-18)20(15)10-11/h2-7,10H,8-9,18H2,1H3. The van der Waals surface area contributed by atoms with Crippen molar-refractivity contribution in [3.8, 4) is 11.3 Å². The predicted octanol–water partition coefficient (Wildman–Crippen LogP) is 3.46. The summed E-state index contributed by atoms with van der Waals surface area (Å²) in [4.78, 5) is 4.74. The highest BCUT2D eigenvalue weighted by Crippen LogP contribution is 2.26. The smallest absolute Gasteiger partial charge is 0.137 e. The molecule has 3 nitrogen and oxygen atoms in total. The van der Waals surface area contributed by atoms with Gasteiger partial charge in [-0.15, -0.1) is 0 Å². The molecule has 4 heteroatoms. The molecule has 0 bridgehead atoms. The number of fused-ring (bicyclic) bond motifs is 1. The van der Waals surface area contributed by atoms with Gasteiger partial charge in [-0.05, 0) is 37.2 Å². The molecule has 3 rings (SSSR count). The molecule has 0 aliphatic rings. The van der Waals surface area contributed by atoms with E-state index in [1.54, 1.807) is 0 Å². The van der Waals surface area contributed by atoms with E-state index in [4.69, 9.17) is 22.3 Å². The van der Waals surface area contributed by atoms with Crippen molar-refractivity contribution in [3.63, 3.8) is 0 Å². The minimum absolute atomic E-state index is 0.600. The third kappa shape index (κ3) is 2.30. The summed E-state index contributed by atoms with van der Waals surface area (Å²) in [6, 6.07) is 11.9. The SMILES string of the molecule is Cc1ccc2nc(-c3ccc(Cl)cc3)c(CCN)n2c1. The van der Waals surface area contributed by atoms with Gasteiger partial charge in [0.2, 0.25) is 0 Å². The molecule has 2 heterocycles. The first-order valence-corrected chi connectivity index (χ1v) is 7.00. The molecule has 3 aromatic rings. The van der Waals surface area contributed by atoms with Crippen molar-refractivity contribution in [2.45, 2.75) is 13.3 Å². The van der Waals surface area contributed by atoms with Crippen LogP contribution in [0.25, 0.3) is 16.9 Å². The Labute approximate surface area is 123 Å². The normalized spacial score (nSPS) is 11.2. The maximum atomic E-state index is 5.95. The Morgan fingerprint density at radius 2 is 1.90 bits per heavy atom. The average Bonchev–Trinajstić information content (AvgIpc) is 2.79. The number of nitrogens with two attached hydrogens (primary N) is 1. The molecule has 0 saturated heterocycles. The van der Waals surface area contributed by atoms with Gasteiger partial charge in [-0.2, -0.15) is 0 Å². The van der Waals surface area contributed by atoms with Crippen LogP contribution in [0.3, 0.4) is 0 Å². The first-order valence-electron chi connectivity index (χ1n) is 6.62. The number of hydrogen-bond acceptors (Lipinski definition) is 2. The Balaban J connectivity index is 2.23. The molecule has 0 aliphatic carbocycles. The number of rotatable bonds is 3. The molecule has 0 saturated carbocycles. The molecule has 0 unspecified atom stereocenters. The predicted molar refractivity (Wildman–Crippen MR) is 83.1 cm³/mol. The number of halogens is 1. The van der Waals surface area contributed by atoms with Gasteiger partial charge in [0.1, 0.15) is 5.65 Å². The number of pyridine rings is 1. The zero-order chi connectivity index (χ0) is 14.1. The Bertz CT molecular complexity index is 744. The van der Waals surface area contributed by atoms with Crippen LogP contribution in [0.2, 0.25) is 5.02 Å². The van der Waals surface area contributed by atoms with Gasteiger partial charge >= 0.3 is 0 Å². The second kappa shape index (κ2) is 5.27. The van der Waals surface area contributed by atoms with Gasteiger partial charge in [-0.1, -0.05) is 29.8 Å². The molecule has 20 heavy (non-hydrogen) atoms. The van der Waals surface area contributed by atoms with Gasteiger partial charge in [0.25, 0.3) is 0 Å². The molecular weight excluding hydrogens is 270 g/mol.